The van der Waals surface area contributed by atoms with Crippen molar-refractivity contribution in [1.29, 1.82) is 0 Å². The van der Waals surface area contributed by atoms with Crippen LogP contribution in [0.5, 0.6) is 0 Å². The van der Waals surface area contributed by atoms with Crippen molar-refractivity contribution in [3.05, 3.63) is 10.4 Å². The third kappa shape index (κ3) is 4.13. The van der Waals surface area contributed by atoms with Crippen molar-refractivity contribution in [2.75, 3.05) is 24.1 Å². The number of thiophene rings is 1. The Balaban J connectivity index is 2.04. The molecule has 118 valence electrons. The lowest BCUT2D eigenvalue weighted by Crippen LogP contribution is -2.22. The molecule has 0 bridgehead atoms. The molecule has 1 aliphatic carbocycles. The van der Waals surface area contributed by atoms with E-state index in [4.69, 9.17) is 5.73 Å². The van der Waals surface area contributed by atoms with Crippen LogP contribution in [0.1, 0.15) is 73.5 Å². The zero-order valence-corrected chi connectivity index (χ0v) is 13.9. The largest absolute Gasteiger partial charge is 0.397 e. The monoisotopic (exact) mass is 309 g/mol. The van der Waals surface area contributed by atoms with Crippen LogP contribution in [0.2, 0.25) is 0 Å². The smallest absolute Gasteiger partial charge is 0.263 e. The van der Waals surface area contributed by atoms with Crippen LogP contribution in [0.25, 0.3) is 0 Å². The average Bonchev–Trinajstić information content (AvgIpc) is 3.23. The van der Waals surface area contributed by atoms with Gasteiger partial charge < -0.3 is 16.4 Å². The first kappa shape index (κ1) is 16.1. The number of carbonyl (C=O) groups is 1. The lowest BCUT2D eigenvalue weighted by atomic mass is 10.1. The second kappa shape index (κ2) is 7.69. The summed E-state index contributed by atoms with van der Waals surface area (Å²) in [6.07, 6.45) is 7.35. The van der Waals surface area contributed by atoms with Gasteiger partial charge in [-0.1, -0.05) is 26.2 Å². The quantitative estimate of drug-likeness (QED) is 0.605. The van der Waals surface area contributed by atoms with Crippen LogP contribution in [0, 0.1) is 0 Å². The van der Waals surface area contributed by atoms with Crippen LogP contribution in [0.4, 0.5) is 10.7 Å². The molecule has 1 fully saturated rings. The number of anilines is 2. The van der Waals surface area contributed by atoms with Crippen LogP contribution >= 0.6 is 11.3 Å². The van der Waals surface area contributed by atoms with Crippen LogP contribution in [-0.4, -0.2) is 19.0 Å². The lowest BCUT2D eigenvalue weighted by molar-refractivity contribution is 0.0960. The van der Waals surface area contributed by atoms with E-state index in [1.54, 1.807) is 0 Å². The van der Waals surface area contributed by atoms with Crippen LogP contribution in [0.15, 0.2) is 0 Å². The van der Waals surface area contributed by atoms with E-state index in [0.717, 1.165) is 11.5 Å². The van der Waals surface area contributed by atoms with Crippen LogP contribution in [-0.2, 0) is 0 Å². The molecule has 2 rings (SSSR count). The van der Waals surface area contributed by atoms with Crippen LogP contribution in [0.3, 0.4) is 0 Å². The van der Waals surface area contributed by atoms with Gasteiger partial charge >= 0.3 is 0 Å². The van der Waals surface area contributed by atoms with Crippen molar-refractivity contribution in [1.82, 2.24) is 5.32 Å². The summed E-state index contributed by atoms with van der Waals surface area (Å²) in [7, 11) is 0. The van der Waals surface area contributed by atoms with E-state index in [0.29, 0.717) is 23.0 Å². The van der Waals surface area contributed by atoms with Crippen molar-refractivity contribution in [3.63, 3.8) is 0 Å². The summed E-state index contributed by atoms with van der Waals surface area (Å²) < 4.78 is 0. The van der Waals surface area contributed by atoms with Gasteiger partial charge in [0, 0.05) is 18.7 Å². The van der Waals surface area contributed by atoms with Gasteiger partial charge in [0.1, 0.15) is 4.88 Å². The zero-order valence-electron chi connectivity index (χ0n) is 13.1. The molecular formula is C16H27N3OS. The van der Waals surface area contributed by atoms with Gasteiger partial charge in [-0.3, -0.25) is 4.79 Å². The minimum Gasteiger partial charge on any atom is -0.397 e. The average molecular weight is 309 g/mol. The van der Waals surface area contributed by atoms with E-state index in [1.807, 2.05) is 6.92 Å². The summed E-state index contributed by atoms with van der Waals surface area (Å²) >= 11 is 1.52. The molecule has 5 heteroatoms. The standard InChI is InChI=1S/C16H27N3OS/c1-3-5-6-7-10-19-16-12(11-8-9-11)13(17)14(21-16)15(20)18-4-2/h11,19H,3-10,17H2,1-2H3,(H,18,20). The van der Waals surface area contributed by atoms with Gasteiger partial charge in [-0.15, -0.1) is 11.3 Å². The summed E-state index contributed by atoms with van der Waals surface area (Å²) in [5.74, 6) is 0.517. The first-order valence-corrected chi connectivity index (χ1v) is 8.94. The van der Waals surface area contributed by atoms with Crippen molar-refractivity contribution >= 4 is 27.9 Å². The van der Waals surface area contributed by atoms with Gasteiger partial charge in [0.15, 0.2) is 0 Å². The predicted octanol–water partition coefficient (Wildman–Crippen LogP) is 3.95. The fourth-order valence-electron chi connectivity index (χ4n) is 2.53. The first-order valence-electron chi connectivity index (χ1n) is 8.13. The lowest BCUT2D eigenvalue weighted by Gasteiger charge is -2.07. The third-order valence-corrected chi connectivity index (χ3v) is 5.01. The Morgan fingerprint density at radius 3 is 2.67 bits per heavy atom. The van der Waals surface area contributed by atoms with E-state index in [2.05, 4.69) is 17.6 Å². The number of nitrogens with one attached hydrogen (secondary N) is 2. The molecule has 1 amide bonds. The number of hydrogen-bond donors (Lipinski definition) is 3. The Hall–Kier alpha value is -1.23. The number of hydrogen-bond acceptors (Lipinski definition) is 4. The summed E-state index contributed by atoms with van der Waals surface area (Å²) in [6, 6.07) is 0. The molecule has 4 nitrogen and oxygen atoms in total. The minimum atomic E-state index is -0.0408. The Labute approximate surface area is 131 Å². The molecule has 0 spiro atoms. The molecule has 1 aliphatic rings. The predicted molar refractivity (Wildman–Crippen MR) is 91.3 cm³/mol. The Morgan fingerprint density at radius 2 is 2.05 bits per heavy atom. The minimum absolute atomic E-state index is 0.0408. The van der Waals surface area contributed by atoms with Crippen LogP contribution < -0.4 is 16.4 Å². The molecule has 0 saturated heterocycles. The van der Waals surface area contributed by atoms with Gasteiger partial charge in [-0.25, -0.2) is 0 Å². The Morgan fingerprint density at radius 1 is 1.29 bits per heavy atom. The van der Waals surface area contributed by atoms with Crippen molar-refractivity contribution in [2.24, 2.45) is 0 Å². The van der Waals surface area contributed by atoms with E-state index in [9.17, 15) is 4.79 Å². The first-order chi connectivity index (χ1) is 10.2. The number of rotatable bonds is 9. The van der Waals surface area contributed by atoms with E-state index in [1.165, 1.54) is 55.4 Å². The number of amides is 1. The second-order valence-corrected chi connectivity index (χ2v) is 6.73. The number of nitrogen functional groups attached to an aromatic ring is 1. The fraction of sp³-hybridized carbons (Fsp3) is 0.688. The highest BCUT2D eigenvalue weighted by atomic mass is 32.1. The van der Waals surface area contributed by atoms with Crippen molar-refractivity contribution < 1.29 is 4.79 Å². The van der Waals surface area contributed by atoms with Crippen molar-refractivity contribution in [3.8, 4) is 0 Å². The topological polar surface area (TPSA) is 67.2 Å². The normalized spacial score (nSPS) is 14.2. The molecule has 1 aromatic heterocycles. The second-order valence-electron chi connectivity index (χ2n) is 5.71. The van der Waals surface area contributed by atoms with Gasteiger partial charge in [0.05, 0.1) is 10.7 Å². The Bertz CT molecular complexity index is 480. The maximum Gasteiger partial charge on any atom is 0.263 e. The molecule has 0 unspecified atom stereocenters. The van der Waals surface area contributed by atoms with E-state index >= 15 is 0 Å². The molecule has 1 saturated carbocycles. The highest BCUT2D eigenvalue weighted by molar-refractivity contribution is 7.18. The summed E-state index contributed by atoms with van der Waals surface area (Å²) in [4.78, 5) is 12.8. The van der Waals surface area contributed by atoms with Gasteiger partial charge in [-0.2, -0.15) is 0 Å². The molecule has 4 N–H and O–H groups in total. The molecule has 1 aromatic rings. The molecular weight excluding hydrogens is 282 g/mol. The number of carbonyl (C=O) groups excluding carboxylic acids is 1. The zero-order chi connectivity index (χ0) is 15.2. The molecule has 0 atom stereocenters. The molecule has 0 aliphatic heterocycles. The third-order valence-electron chi connectivity index (χ3n) is 3.83. The summed E-state index contributed by atoms with van der Waals surface area (Å²) in [5, 5.41) is 7.48. The molecule has 0 radical (unpaired) electrons. The summed E-state index contributed by atoms with van der Waals surface area (Å²) in [6.45, 7) is 5.75. The maximum absolute atomic E-state index is 12.1. The van der Waals surface area contributed by atoms with Gasteiger partial charge in [0.25, 0.3) is 5.91 Å². The summed E-state index contributed by atoms with van der Waals surface area (Å²) in [5.41, 5.74) is 8.13. The SMILES string of the molecule is CCCCCCNc1sc(C(=O)NCC)c(N)c1C1CC1. The Kier molecular flexibility index (Phi) is 5.91. The fourth-order valence-corrected chi connectivity index (χ4v) is 3.68. The molecule has 21 heavy (non-hydrogen) atoms. The van der Waals surface area contributed by atoms with Crippen molar-refractivity contribution in [2.45, 2.75) is 58.3 Å². The highest BCUT2D eigenvalue weighted by Crippen LogP contribution is 2.50. The maximum atomic E-state index is 12.1. The van der Waals surface area contributed by atoms with Gasteiger partial charge in [-0.05, 0) is 32.1 Å². The number of unbranched alkanes of at least 4 members (excludes halogenated alkanes) is 3. The van der Waals surface area contributed by atoms with Gasteiger partial charge in [0.2, 0.25) is 0 Å². The van der Waals surface area contributed by atoms with E-state index in [-0.39, 0.29) is 5.91 Å². The molecule has 1 heterocycles. The number of nitrogens with two attached hydrogens (primary N) is 1. The molecule has 0 aromatic carbocycles. The highest BCUT2D eigenvalue weighted by Gasteiger charge is 2.32. The van der Waals surface area contributed by atoms with E-state index < -0.39 is 0 Å².